The van der Waals surface area contributed by atoms with E-state index < -0.39 is 17.6 Å². The van der Waals surface area contributed by atoms with E-state index in [4.69, 9.17) is 0 Å². The highest BCUT2D eigenvalue weighted by Crippen LogP contribution is 2.29. The Morgan fingerprint density at radius 3 is 2.23 bits per heavy atom. The molecule has 0 spiro atoms. The SMILES string of the molecule is CC(C)CN(CC(=O)N(CCc1c[nH]c2ccccc12)Cc1ccc(F)cc1)C(=O)c1ccc(C(F)(F)F)cc1. The van der Waals surface area contributed by atoms with Crippen molar-refractivity contribution in [2.75, 3.05) is 19.6 Å². The Labute approximate surface area is 230 Å². The number of fused-ring (bicyclic) bond motifs is 1. The summed E-state index contributed by atoms with van der Waals surface area (Å²) in [6.45, 7) is 4.36. The second kappa shape index (κ2) is 12.4. The molecule has 210 valence electrons. The molecule has 5 nitrogen and oxygen atoms in total. The van der Waals surface area contributed by atoms with Crippen LogP contribution in [0.25, 0.3) is 10.9 Å². The smallest absolute Gasteiger partial charge is 0.361 e. The van der Waals surface area contributed by atoms with Crippen molar-refractivity contribution in [3.05, 3.63) is 107 Å². The first kappa shape index (κ1) is 28.9. The number of aromatic amines is 1. The molecule has 0 saturated carbocycles. The third kappa shape index (κ3) is 7.28. The van der Waals surface area contributed by atoms with E-state index in [2.05, 4.69) is 4.98 Å². The van der Waals surface area contributed by atoms with E-state index in [1.165, 1.54) is 17.0 Å². The number of nitrogens with one attached hydrogen (secondary N) is 1. The fraction of sp³-hybridized carbons (Fsp3) is 0.290. The molecule has 0 aliphatic carbocycles. The van der Waals surface area contributed by atoms with Crippen LogP contribution in [0, 0.1) is 11.7 Å². The van der Waals surface area contributed by atoms with Crippen LogP contribution in [-0.2, 0) is 23.9 Å². The van der Waals surface area contributed by atoms with Crippen LogP contribution in [0.2, 0.25) is 0 Å². The van der Waals surface area contributed by atoms with Crippen LogP contribution in [0.15, 0.2) is 79.0 Å². The number of carbonyl (C=O) groups excluding carboxylic acids is 2. The number of H-pyrrole nitrogens is 1. The van der Waals surface area contributed by atoms with Gasteiger partial charge < -0.3 is 14.8 Å². The molecule has 4 aromatic rings. The summed E-state index contributed by atoms with van der Waals surface area (Å²) in [5.74, 6) is -1.20. The molecule has 0 saturated heterocycles. The number of nitrogens with zero attached hydrogens (tertiary/aromatic N) is 2. The average Bonchev–Trinajstić information content (AvgIpc) is 3.33. The van der Waals surface area contributed by atoms with E-state index in [-0.39, 0.29) is 42.8 Å². The van der Waals surface area contributed by atoms with Gasteiger partial charge in [-0.15, -0.1) is 0 Å². The molecule has 40 heavy (non-hydrogen) atoms. The number of hydrogen-bond acceptors (Lipinski definition) is 2. The minimum Gasteiger partial charge on any atom is -0.361 e. The molecule has 1 N–H and O–H groups in total. The number of halogens is 4. The Morgan fingerprint density at radius 1 is 0.900 bits per heavy atom. The number of aromatic nitrogens is 1. The normalized spacial score (nSPS) is 11.7. The van der Waals surface area contributed by atoms with Crippen molar-refractivity contribution in [1.29, 1.82) is 0 Å². The maximum atomic E-state index is 13.7. The lowest BCUT2D eigenvalue weighted by Gasteiger charge is -2.29. The first-order chi connectivity index (χ1) is 19.0. The monoisotopic (exact) mass is 553 g/mol. The van der Waals surface area contributed by atoms with Gasteiger partial charge in [-0.25, -0.2) is 4.39 Å². The molecule has 9 heteroatoms. The van der Waals surface area contributed by atoms with Crippen molar-refractivity contribution < 1.29 is 27.2 Å². The van der Waals surface area contributed by atoms with Gasteiger partial charge >= 0.3 is 6.18 Å². The molecular weight excluding hydrogens is 522 g/mol. The van der Waals surface area contributed by atoms with Crippen molar-refractivity contribution in [2.24, 2.45) is 5.92 Å². The first-order valence-electron chi connectivity index (χ1n) is 13.0. The maximum absolute atomic E-state index is 13.7. The molecule has 2 amide bonds. The summed E-state index contributed by atoms with van der Waals surface area (Å²) in [5.41, 5.74) is 1.98. The molecule has 0 aliphatic rings. The third-order valence-electron chi connectivity index (χ3n) is 6.62. The highest BCUT2D eigenvalue weighted by molar-refractivity contribution is 5.96. The molecule has 0 aliphatic heterocycles. The van der Waals surface area contributed by atoms with E-state index in [0.717, 1.165) is 46.3 Å². The van der Waals surface area contributed by atoms with Crippen LogP contribution in [0.5, 0.6) is 0 Å². The Balaban J connectivity index is 1.55. The summed E-state index contributed by atoms with van der Waals surface area (Å²) in [6, 6.07) is 17.7. The van der Waals surface area contributed by atoms with Crippen molar-refractivity contribution in [3.8, 4) is 0 Å². The summed E-state index contributed by atoms with van der Waals surface area (Å²) in [5, 5.41) is 1.05. The van der Waals surface area contributed by atoms with E-state index in [0.29, 0.717) is 13.0 Å². The fourth-order valence-electron chi connectivity index (χ4n) is 4.60. The average molecular weight is 554 g/mol. The van der Waals surface area contributed by atoms with Crippen LogP contribution in [0.1, 0.15) is 40.9 Å². The largest absolute Gasteiger partial charge is 0.416 e. The lowest BCUT2D eigenvalue weighted by Crippen LogP contribution is -2.44. The van der Waals surface area contributed by atoms with Crippen LogP contribution < -0.4 is 0 Å². The van der Waals surface area contributed by atoms with E-state index in [1.54, 1.807) is 17.0 Å². The zero-order chi connectivity index (χ0) is 28.9. The van der Waals surface area contributed by atoms with Crippen molar-refractivity contribution in [1.82, 2.24) is 14.8 Å². The number of rotatable bonds is 10. The van der Waals surface area contributed by atoms with Crippen LogP contribution >= 0.6 is 0 Å². The zero-order valence-corrected chi connectivity index (χ0v) is 22.3. The number of benzene rings is 3. The second-order valence-electron chi connectivity index (χ2n) is 10.2. The van der Waals surface area contributed by atoms with Crippen LogP contribution in [-0.4, -0.2) is 46.2 Å². The fourth-order valence-corrected chi connectivity index (χ4v) is 4.60. The summed E-state index contributed by atoms with van der Waals surface area (Å²) in [7, 11) is 0. The molecular formula is C31H31F4N3O2. The molecule has 0 atom stereocenters. The van der Waals surface area contributed by atoms with Gasteiger partial charge in [0.25, 0.3) is 5.91 Å². The third-order valence-corrected chi connectivity index (χ3v) is 6.62. The van der Waals surface area contributed by atoms with E-state index >= 15 is 0 Å². The predicted octanol–water partition coefficient (Wildman–Crippen LogP) is 6.70. The molecule has 0 unspecified atom stereocenters. The predicted molar refractivity (Wildman–Crippen MR) is 146 cm³/mol. The lowest BCUT2D eigenvalue weighted by atomic mass is 10.1. The molecule has 0 radical (unpaired) electrons. The summed E-state index contributed by atoms with van der Waals surface area (Å²) in [6.07, 6.45) is -2.06. The quantitative estimate of drug-likeness (QED) is 0.222. The zero-order valence-electron chi connectivity index (χ0n) is 22.3. The summed E-state index contributed by atoms with van der Waals surface area (Å²) < 4.78 is 52.5. The Hall–Kier alpha value is -4.14. The maximum Gasteiger partial charge on any atom is 0.416 e. The van der Waals surface area contributed by atoms with Gasteiger partial charge in [-0.3, -0.25) is 9.59 Å². The standard InChI is InChI=1S/C31H31F4N3O2/c1-21(2)18-38(30(40)23-9-11-25(12-10-23)31(33,34)35)20-29(39)37(19-22-7-13-26(32)14-8-22)16-15-24-17-36-28-6-4-3-5-27(24)28/h3-14,17,21,36H,15-16,18-20H2,1-2H3. The summed E-state index contributed by atoms with van der Waals surface area (Å²) >= 11 is 0. The van der Waals surface area contributed by atoms with Gasteiger partial charge in [0.1, 0.15) is 12.4 Å². The molecule has 0 fully saturated rings. The summed E-state index contributed by atoms with van der Waals surface area (Å²) in [4.78, 5) is 33.2. The Morgan fingerprint density at radius 2 is 1.57 bits per heavy atom. The Kier molecular flexibility index (Phi) is 8.92. The van der Waals surface area contributed by atoms with Gasteiger partial charge in [0.05, 0.1) is 5.56 Å². The van der Waals surface area contributed by atoms with Gasteiger partial charge in [-0.1, -0.05) is 44.2 Å². The van der Waals surface area contributed by atoms with Crippen molar-refractivity contribution >= 4 is 22.7 Å². The minimum absolute atomic E-state index is 0.0166. The highest BCUT2D eigenvalue weighted by Gasteiger charge is 2.31. The Bertz CT molecular complexity index is 1440. The lowest BCUT2D eigenvalue weighted by molar-refractivity contribution is -0.137. The molecule has 0 bridgehead atoms. The molecule has 3 aromatic carbocycles. The molecule has 4 rings (SSSR count). The van der Waals surface area contributed by atoms with Crippen molar-refractivity contribution in [3.63, 3.8) is 0 Å². The highest BCUT2D eigenvalue weighted by atomic mass is 19.4. The number of hydrogen-bond donors (Lipinski definition) is 1. The van der Waals surface area contributed by atoms with E-state index in [1.807, 2.05) is 44.3 Å². The molecule has 1 aromatic heterocycles. The minimum atomic E-state index is -4.51. The van der Waals surface area contributed by atoms with Gasteiger partial charge in [-0.2, -0.15) is 13.2 Å². The van der Waals surface area contributed by atoms with E-state index in [9.17, 15) is 27.2 Å². The molecule has 1 heterocycles. The number of carbonyl (C=O) groups is 2. The van der Waals surface area contributed by atoms with Gasteiger partial charge in [0.2, 0.25) is 5.91 Å². The van der Waals surface area contributed by atoms with Crippen LogP contribution in [0.4, 0.5) is 17.6 Å². The number of amides is 2. The second-order valence-corrected chi connectivity index (χ2v) is 10.2. The number of para-hydroxylation sites is 1. The first-order valence-corrected chi connectivity index (χ1v) is 13.0. The van der Waals surface area contributed by atoms with Crippen molar-refractivity contribution in [2.45, 2.75) is 33.0 Å². The van der Waals surface area contributed by atoms with Gasteiger partial charge in [0, 0.05) is 42.3 Å². The van der Waals surface area contributed by atoms with Gasteiger partial charge in [-0.05, 0) is 65.9 Å². The number of alkyl halides is 3. The van der Waals surface area contributed by atoms with Gasteiger partial charge in [0.15, 0.2) is 0 Å². The topological polar surface area (TPSA) is 56.4 Å². The van der Waals surface area contributed by atoms with Crippen LogP contribution in [0.3, 0.4) is 0 Å².